The van der Waals surface area contributed by atoms with Crippen LogP contribution < -0.4 is 4.90 Å². The smallest absolute Gasteiger partial charge is 0.253 e. The molecule has 5 heteroatoms. The molecule has 2 aromatic rings. The minimum atomic E-state index is -0.346. The summed E-state index contributed by atoms with van der Waals surface area (Å²) < 4.78 is 19.7. The van der Waals surface area contributed by atoms with Gasteiger partial charge >= 0.3 is 0 Å². The van der Waals surface area contributed by atoms with Gasteiger partial charge in [-0.05, 0) is 56.5 Å². The van der Waals surface area contributed by atoms with Crippen LogP contribution in [0.1, 0.15) is 30.4 Å². The number of rotatable bonds is 3. The zero-order valence-corrected chi connectivity index (χ0v) is 16.4. The van der Waals surface area contributed by atoms with E-state index in [-0.39, 0.29) is 23.9 Å². The number of ether oxygens (including phenoxy) is 1. The molecule has 1 spiro atoms. The summed E-state index contributed by atoms with van der Waals surface area (Å²) in [6, 6.07) is 14.9. The number of likely N-dealkylation sites (tertiary alicyclic amines) is 1. The maximum atomic E-state index is 13.7. The SMILES string of the molecule is Cc1cccc(CN2CCCC3(CC2)CN(c2cccc(F)c2)C(=O)CO3)c1. The Labute approximate surface area is 165 Å². The first-order chi connectivity index (χ1) is 13.5. The zero-order chi connectivity index (χ0) is 19.6. The van der Waals surface area contributed by atoms with Crippen molar-refractivity contribution in [3.63, 3.8) is 0 Å². The number of carbonyl (C=O) groups is 1. The van der Waals surface area contributed by atoms with E-state index in [4.69, 9.17) is 4.74 Å². The predicted octanol–water partition coefficient (Wildman–Crippen LogP) is 3.92. The lowest BCUT2D eigenvalue weighted by atomic mass is 9.92. The molecule has 0 N–H and O–H groups in total. The van der Waals surface area contributed by atoms with Crippen molar-refractivity contribution < 1.29 is 13.9 Å². The average Bonchev–Trinajstić information content (AvgIpc) is 2.87. The molecular formula is C23H27FN2O2. The summed E-state index contributed by atoms with van der Waals surface area (Å²) in [6.45, 7) is 5.56. The van der Waals surface area contributed by atoms with Gasteiger partial charge in [-0.2, -0.15) is 0 Å². The van der Waals surface area contributed by atoms with Crippen LogP contribution in [0.2, 0.25) is 0 Å². The predicted molar refractivity (Wildman–Crippen MR) is 108 cm³/mol. The number of amides is 1. The Bertz CT molecular complexity index is 856. The Kier molecular flexibility index (Phi) is 5.47. The van der Waals surface area contributed by atoms with Crippen LogP contribution in [0.4, 0.5) is 10.1 Å². The van der Waals surface area contributed by atoms with E-state index in [0.717, 1.165) is 38.9 Å². The van der Waals surface area contributed by atoms with Gasteiger partial charge < -0.3 is 9.64 Å². The summed E-state index contributed by atoms with van der Waals surface area (Å²) in [4.78, 5) is 16.6. The quantitative estimate of drug-likeness (QED) is 0.807. The highest BCUT2D eigenvalue weighted by Gasteiger charge is 2.41. The van der Waals surface area contributed by atoms with Crippen molar-refractivity contribution >= 4 is 11.6 Å². The fourth-order valence-electron chi connectivity index (χ4n) is 4.35. The van der Waals surface area contributed by atoms with Crippen LogP contribution in [0.5, 0.6) is 0 Å². The van der Waals surface area contributed by atoms with Gasteiger partial charge in [0.25, 0.3) is 5.91 Å². The lowest BCUT2D eigenvalue weighted by Gasteiger charge is -2.42. The van der Waals surface area contributed by atoms with E-state index in [1.54, 1.807) is 17.0 Å². The van der Waals surface area contributed by atoms with Crippen molar-refractivity contribution in [2.75, 3.05) is 31.1 Å². The second kappa shape index (κ2) is 8.02. The molecule has 1 atom stereocenters. The first kappa shape index (κ1) is 19.1. The summed E-state index contributed by atoms with van der Waals surface area (Å²) in [5.74, 6) is -0.423. The molecule has 1 amide bonds. The number of nitrogens with zero attached hydrogens (tertiary/aromatic N) is 2. The summed E-state index contributed by atoms with van der Waals surface area (Å²) in [5, 5.41) is 0. The summed E-state index contributed by atoms with van der Waals surface area (Å²) >= 11 is 0. The van der Waals surface area contributed by atoms with Crippen molar-refractivity contribution in [2.45, 2.75) is 38.3 Å². The summed E-state index contributed by atoms with van der Waals surface area (Å²) in [5.41, 5.74) is 2.89. The van der Waals surface area contributed by atoms with Gasteiger partial charge in [-0.25, -0.2) is 4.39 Å². The third kappa shape index (κ3) is 4.26. The molecule has 4 nitrogen and oxygen atoms in total. The molecule has 1 unspecified atom stereocenters. The number of hydrogen-bond donors (Lipinski definition) is 0. The third-order valence-electron chi connectivity index (χ3n) is 5.85. The van der Waals surface area contributed by atoms with E-state index in [0.29, 0.717) is 12.2 Å². The Balaban J connectivity index is 1.45. The van der Waals surface area contributed by atoms with Crippen molar-refractivity contribution in [1.82, 2.24) is 4.90 Å². The van der Waals surface area contributed by atoms with Crippen LogP contribution in [0.25, 0.3) is 0 Å². The molecule has 2 aliphatic rings. The molecule has 148 valence electrons. The van der Waals surface area contributed by atoms with Gasteiger partial charge in [0.1, 0.15) is 12.4 Å². The molecule has 4 rings (SSSR count). The van der Waals surface area contributed by atoms with Crippen LogP contribution in [0.15, 0.2) is 48.5 Å². The molecule has 0 radical (unpaired) electrons. The second-order valence-electron chi connectivity index (χ2n) is 8.05. The highest BCUT2D eigenvalue weighted by molar-refractivity contribution is 5.95. The van der Waals surface area contributed by atoms with Crippen LogP contribution in [0, 0.1) is 12.7 Å². The summed E-state index contributed by atoms with van der Waals surface area (Å²) in [7, 11) is 0. The number of carbonyl (C=O) groups excluding carboxylic acids is 1. The highest BCUT2D eigenvalue weighted by Crippen LogP contribution is 2.33. The largest absolute Gasteiger partial charge is 0.363 e. The maximum Gasteiger partial charge on any atom is 0.253 e. The fraction of sp³-hybridized carbons (Fsp3) is 0.435. The third-order valence-corrected chi connectivity index (χ3v) is 5.85. The molecule has 28 heavy (non-hydrogen) atoms. The Morgan fingerprint density at radius 1 is 1.11 bits per heavy atom. The van der Waals surface area contributed by atoms with Gasteiger partial charge in [0.2, 0.25) is 0 Å². The maximum absolute atomic E-state index is 13.7. The normalized spacial score (nSPS) is 23.8. The van der Waals surface area contributed by atoms with Crippen LogP contribution in [-0.4, -0.2) is 42.6 Å². The van der Waals surface area contributed by atoms with E-state index >= 15 is 0 Å². The molecule has 2 fully saturated rings. The van der Waals surface area contributed by atoms with Crippen LogP contribution in [0.3, 0.4) is 0 Å². The fourth-order valence-corrected chi connectivity index (χ4v) is 4.35. The Hall–Kier alpha value is -2.24. The molecule has 2 aliphatic heterocycles. The van der Waals surface area contributed by atoms with Crippen molar-refractivity contribution in [3.8, 4) is 0 Å². The molecule has 2 saturated heterocycles. The number of benzene rings is 2. The van der Waals surface area contributed by atoms with E-state index in [1.807, 2.05) is 0 Å². The van der Waals surface area contributed by atoms with Gasteiger partial charge in [-0.3, -0.25) is 9.69 Å². The molecule has 0 saturated carbocycles. The van der Waals surface area contributed by atoms with Crippen molar-refractivity contribution in [2.24, 2.45) is 0 Å². The number of morpholine rings is 1. The van der Waals surface area contributed by atoms with E-state index in [9.17, 15) is 9.18 Å². The Morgan fingerprint density at radius 3 is 2.79 bits per heavy atom. The number of hydrogen-bond acceptors (Lipinski definition) is 3. The number of aryl methyl sites for hydroxylation is 1. The van der Waals surface area contributed by atoms with Crippen molar-refractivity contribution in [1.29, 1.82) is 0 Å². The number of halogens is 1. The van der Waals surface area contributed by atoms with Gasteiger partial charge in [0, 0.05) is 18.8 Å². The molecule has 0 aromatic heterocycles. The van der Waals surface area contributed by atoms with Crippen LogP contribution in [-0.2, 0) is 16.1 Å². The van der Waals surface area contributed by atoms with Gasteiger partial charge in [0.05, 0.1) is 12.1 Å². The molecular weight excluding hydrogens is 355 g/mol. The van der Waals surface area contributed by atoms with Crippen molar-refractivity contribution in [3.05, 3.63) is 65.5 Å². The van der Waals surface area contributed by atoms with E-state index < -0.39 is 0 Å². The Morgan fingerprint density at radius 2 is 1.96 bits per heavy atom. The van der Waals surface area contributed by atoms with E-state index in [1.165, 1.54) is 23.3 Å². The lowest BCUT2D eigenvalue weighted by Crippen LogP contribution is -2.55. The standard InChI is InChI=1S/C23H27FN2O2/c1-18-5-2-6-19(13-18)15-25-11-4-9-23(10-12-25)17-26(22(27)16-28-23)21-8-3-7-20(24)14-21/h2-3,5-8,13-14H,4,9-12,15-17H2,1H3. The minimum absolute atomic E-state index is 0.0639. The lowest BCUT2D eigenvalue weighted by molar-refractivity contribution is -0.140. The molecule has 0 aliphatic carbocycles. The average molecular weight is 382 g/mol. The molecule has 2 heterocycles. The summed E-state index contributed by atoms with van der Waals surface area (Å²) in [6.07, 6.45) is 2.81. The van der Waals surface area contributed by atoms with Gasteiger partial charge in [-0.1, -0.05) is 35.9 Å². The van der Waals surface area contributed by atoms with Gasteiger partial charge in [0.15, 0.2) is 0 Å². The molecule has 0 bridgehead atoms. The molecule has 2 aromatic carbocycles. The minimum Gasteiger partial charge on any atom is -0.363 e. The zero-order valence-electron chi connectivity index (χ0n) is 16.4. The van der Waals surface area contributed by atoms with E-state index in [2.05, 4.69) is 36.1 Å². The highest BCUT2D eigenvalue weighted by atomic mass is 19.1. The monoisotopic (exact) mass is 382 g/mol. The second-order valence-corrected chi connectivity index (χ2v) is 8.05. The first-order valence-electron chi connectivity index (χ1n) is 10.0. The van der Waals surface area contributed by atoms with Gasteiger partial charge in [-0.15, -0.1) is 0 Å². The topological polar surface area (TPSA) is 32.8 Å². The first-order valence-corrected chi connectivity index (χ1v) is 10.0. The number of anilines is 1. The van der Waals surface area contributed by atoms with Crippen LogP contribution >= 0.6 is 0 Å².